The second kappa shape index (κ2) is 10.5. The monoisotopic (exact) mass is 397 g/mol. The molecule has 1 saturated heterocycles. The smallest absolute Gasteiger partial charge is 0.253 e. The summed E-state index contributed by atoms with van der Waals surface area (Å²) in [5.41, 5.74) is 4.09. The van der Waals surface area contributed by atoms with Gasteiger partial charge in [0.15, 0.2) is 0 Å². The van der Waals surface area contributed by atoms with Gasteiger partial charge in [0.25, 0.3) is 5.91 Å². The van der Waals surface area contributed by atoms with E-state index >= 15 is 0 Å². The molecule has 0 radical (unpaired) electrons. The number of benzene rings is 1. The third-order valence-corrected chi connectivity index (χ3v) is 6.01. The molecule has 1 aliphatic heterocycles. The largest absolute Gasteiger partial charge is 0.376 e. The number of likely N-dealkylation sites (tertiary alicyclic amines) is 1. The standard InChI is InChI=1S/C24H35N3O2/c1-18-7-6-14-27(17-18)24(29)21-10-11-22(19(2)15-21)26-16-23(28)25-13-12-20-8-4-3-5-9-20/h8,10-11,15,18,26H,3-7,9,12-14,16-17H2,1-2H3,(H,25,28). The van der Waals surface area contributed by atoms with Gasteiger partial charge < -0.3 is 15.5 Å². The predicted octanol–water partition coefficient (Wildman–Crippen LogP) is 4.29. The molecule has 0 bridgehead atoms. The number of hydrogen-bond donors (Lipinski definition) is 2. The third kappa shape index (κ3) is 6.34. The predicted molar refractivity (Wildman–Crippen MR) is 118 cm³/mol. The highest BCUT2D eigenvalue weighted by Gasteiger charge is 2.22. The lowest BCUT2D eigenvalue weighted by molar-refractivity contribution is -0.119. The number of allylic oxidation sites excluding steroid dienone is 1. The van der Waals surface area contributed by atoms with Crippen molar-refractivity contribution >= 4 is 17.5 Å². The van der Waals surface area contributed by atoms with Crippen LogP contribution in [0.3, 0.4) is 0 Å². The van der Waals surface area contributed by atoms with Crippen molar-refractivity contribution in [1.29, 1.82) is 0 Å². The van der Waals surface area contributed by atoms with Gasteiger partial charge in [-0.05, 0) is 81.5 Å². The summed E-state index contributed by atoms with van der Waals surface area (Å²) in [6, 6.07) is 5.71. The van der Waals surface area contributed by atoms with E-state index in [1.165, 1.54) is 37.7 Å². The first-order valence-corrected chi connectivity index (χ1v) is 11.1. The van der Waals surface area contributed by atoms with E-state index < -0.39 is 0 Å². The molecule has 1 unspecified atom stereocenters. The number of piperidine rings is 1. The summed E-state index contributed by atoms with van der Waals surface area (Å²) < 4.78 is 0. The molecule has 158 valence electrons. The minimum atomic E-state index is 0.00302. The Morgan fingerprint density at radius 2 is 2.07 bits per heavy atom. The van der Waals surface area contributed by atoms with Crippen LogP contribution in [-0.4, -0.2) is 42.9 Å². The minimum absolute atomic E-state index is 0.00302. The first-order chi connectivity index (χ1) is 14.0. The average Bonchev–Trinajstić information content (AvgIpc) is 2.73. The van der Waals surface area contributed by atoms with E-state index in [9.17, 15) is 9.59 Å². The molecular weight excluding hydrogens is 362 g/mol. The maximum absolute atomic E-state index is 12.8. The van der Waals surface area contributed by atoms with E-state index in [-0.39, 0.29) is 18.4 Å². The van der Waals surface area contributed by atoms with E-state index in [1.54, 1.807) is 0 Å². The zero-order valence-electron chi connectivity index (χ0n) is 17.9. The number of nitrogens with zero attached hydrogens (tertiary/aromatic N) is 1. The van der Waals surface area contributed by atoms with Crippen LogP contribution in [0.25, 0.3) is 0 Å². The Balaban J connectivity index is 1.45. The van der Waals surface area contributed by atoms with E-state index in [2.05, 4.69) is 23.6 Å². The van der Waals surface area contributed by atoms with Gasteiger partial charge in [0.1, 0.15) is 0 Å². The molecule has 2 N–H and O–H groups in total. The molecule has 1 fully saturated rings. The number of nitrogens with one attached hydrogen (secondary N) is 2. The van der Waals surface area contributed by atoms with E-state index in [1.807, 2.05) is 30.0 Å². The number of hydrogen-bond acceptors (Lipinski definition) is 3. The molecular formula is C24H35N3O2. The molecule has 1 atom stereocenters. The Morgan fingerprint density at radius 3 is 2.79 bits per heavy atom. The molecule has 5 heteroatoms. The zero-order valence-corrected chi connectivity index (χ0v) is 17.9. The molecule has 0 spiro atoms. The number of carbonyl (C=O) groups excluding carboxylic acids is 2. The Morgan fingerprint density at radius 1 is 1.21 bits per heavy atom. The fourth-order valence-corrected chi connectivity index (χ4v) is 4.28. The lowest BCUT2D eigenvalue weighted by Crippen LogP contribution is -2.39. The second-order valence-electron chi connectivity index (χ2n) is 8.59. The summed E-state index contributed by atoms with van der Waals surface area (Å²) in [7, 11) is 0. The summed E-state index contributed by atoms with van der Waals surface area (Å²) in [6.07, 6.45) is 10.5. The number of aryl methyl sites for hydroxylation is 1. The van der Waals surface area contributed by atoms with Gasteiger partial charge in [0.2, 0.25) is 5.91 Å². The first-order valence-electron chi connectivity index (χ1n) is 11.1. The van der Waals surface area contributed by atoms with Crippen molar-refractivity contribution in [3.63, 3.8) is 0 Å². The van der Waals surface area contributed by atoms with E-state index in [4.69, 9.17) is 0 Å². The van der Waals surface area contributed by atoms with Crippen LogP contribution in [0.1, 0.15) is 67.8 Å². The normalized spacial score (nSPS) is 19.4. The molecule has 2 aliphatic rings. The lowest BCUT2D eigenvalue weighted by Gasteiger charge is -2.31. The van der Waals surface area contributed by atoms with Crippen LogP contribution in [0.4, 0.5) is 5.69 Å². The summed E-state index contributed by atoms with van der Waals surface area (Å²) in [5, 5.41) is 6.20. The van der Waals surface area contributed by atoms with Crippen molar-refractivity contribution in [2.75, 3.05) is 31.5 Å². The zero-order chi connectivity index (χ0) is 20.6. The van der Waals surface area contributed by atoms with Gasteiger partial charge in [-0.15, -0.1) is 0 Å². The summed E-state index contributed by atoms with van der Waals surface area (Å²) in [5.74, 6) is 0.687. The molecule has 1 aromatic carbocycles. The van der Waals surface area contributed by atoms with Gasteiger partial charge in [-0.3, -0.25) is 9.59 Å². The number of amides is 2. The maximum Gasteiger partial charge on any atom is 0.253 e. The maximum atomic E-state index is 12.8. The van der Waals surface area contributed by atoms with Crippen molar-refractivity contribution in [2.45, 2.75) is 58.8 Å². The van der Waals surface area contributed by atoms with Crippen LogP contribution < -0.4 is 10.6 Å². The highest BCUT2D eigenvalue weighted by Crippen LogP contribution is 2.21. The SMILES string of the molecule is Cc1cc(C(=O)N2CCCC(C)C2)ccc1NCC(=O)NCCC1=CCCCC1. The average molecular weight is 398 g/mol. The van der Waals surface area contributed by atoms with Crippen molar-refractivity contribution < 1.29 is 9.59 Å². The highest BCUT2D eigenvalue weighted by atomic mass is 16.2. The molecule has 0 aromatic heterocycles. The van der Waals surface area contributed by atoms with Crippen LogP contribution >= 0.6 is 0 Å². The van der Waals surface area contributed by atoms with Gasteiger partial charge in [-0.1, -0.05) is 18.6 Å². The topological polar surface area (TPSA) is 61.4 Å². The highest BCUT2D eigenvalue weighted by molar-refractivity contribution is 5.95. The fourth-order valence-electron chi connectivity index (χ4n) is 4.28. The van der Waals surface area contributed by atoms with Crippen LogP contribution in [-0.2, 0) is 4.79 Å². The van der Waals surface area contributed by atoms with Gasteiger partial charge in [0, 0.05) is 30.9 Å². The number of rotatable bonds is 7. The van der Waals surface area contributed by atoms with Gasteiger partial charge in [-0.2, -0.15) is 0 Å². The molecule has 29 heavy (non-hydrogen) atoms. The lowest BCUT2D eigenvalue weighted by atomic mass is 9.97. The summed E-state index contributed by atoms with van der Waals surface area (Å²) >= 11 is 0. The van der Waals surface area contributed by atoms with E-state index in [0.717, 1.165) is 42.7 Å². The van der Waals surface area contributed by atoms with Crippen molar-refractivity contribution in [3.8, 4) is 0 Å². The Kier molecular flexibility index (Phi) is 7.73. The van der Waals surface area contributed by atoms with Crippen LogP contribution in [0.5, 0.6) is 0 Å². The molecule has 3 rings (SSSR count). The quantitative estimate of drug-likeness (QED) is 0.675. The van der Waals surface area contributed by atoms with Gasteiger partial charge in [0.05, 0.1) is 6.54 Å². The Labute approximate surface area is 174 Å². The first kappa shape index (κ1) is 21.4. The van der Waals surface area contributed by atoms with Crippen LogP contribution in [0, 0.1) is 12.8 Å². The Hall–Kier alpha value is -2.30. The molecule has 2 amide bonds. The van der Waals surface area contributed by atoms with Gasteiger partial charge >= 0.3 is 0 Å². The number of anilines is 1. The summed E-state index contributed by atoms with van der Waals surface area (Å²) in [4.78, 5) is 26.9. The second-order valence-corrected chi connectivity index (χ2v) is 8.59. The van der Waals surface area contributed by atoms with Gasteiger partial charge in [-0.25, -0.2) is 0 Å². The molecule has 5 nitrogen and oxygen atoms in total. The minimum Gasteiger partial charge on any atom is -0.376 e. The van der Waals surface area contributed by atoms with Crippen LogP contribution in [0.15, 0.2) is 29.8 Å². The van der Waals surface area contributed by atoms with E-state index in [0.29, 0.717) is 12.5 Å². The molecule has 1 aliphatic carbocycles. The fraction of sp³-hybridized carbons (Fsp3) is 0.583. The Bertz CT molecular complexity index is 756. The molecule has 1 heterocycles. The van der Waals surface area contributed by atoms with Crippen molar-refractivity contribution in [2.24, 2.45) is 5.92 Å². The molecule has 1 aromatic rings. The van der Waals surface area contributed by atoms with Crippen molar-refractivity contribution in [3.05, 3.63) is 41.0 Å². The van der Waals surface area contributed by atoms with Crippen LogP contribution in [0.2, 0.25) is 0 Å². The van der Waals surface area contributed by atoms with Crippen molar-refractivity contribution in [1.82, 2.24) is 10.2 Å². The summed E-state index contributed by atoms with van der Waals surface area (Å²) in [6.45, 7) is 6.82. The molecule has 0 saturated carbocycles. The number of carbonyl (C=O) groups is 2. The third-order valence-electron chi connectivity index (χ3n) is 6.01.